The second-order valence-electron chi connectivity index (χ2n) is 6.77. The molecule has 22 heavy (non-hydrogen) atoms. The molecule has 1 unspecified atom stereocenters. The third-order valence-electron chi connectivity index (χ3n) is 3.72. The lowest BCUT2D eigenvalue weighted by Crippen LogP contribution is -2.46. The van der Waals surface area contributed by atoms with Crippen LogP contribution in [0.25, 0.3) is 0 Å². The van der Waals surface area contributed by atoms with Crippen LogP contribution >= 0.6 is 0 Å². The molecule has 1 aliphatic rings. The number of ether oxygens (including phenoxy) is 2. The Bertz CT molecular complexity index is 467. The molecule has 4 nitrogen and oxygen atoms in total. The van der Waals surface area contributed by atoms with Gasteiger partial charge in [-0.15, -0.1) is 0 Å². The van der Waals surface area contributed by atoms with Crippen LogP contribution in [0, 0.1) is 0 Å². The third-order valence-corrected chi connectivity index (χ3v) is 3.72. The zero-order valence-electron chi connectivity index (χ0n) is 13.9. The Balaban J connectivity index is 1.85. The quantitative estimate of drug-likeness (QED) is 0.835. The number of amides is 1. The first-order valence-electron chi connectivity index (χ1n) is 8.13. The molecule has 1 aromatic carbocycles. The molecule has 2 rings (SSSR count). The van der Waals surface area contributed by atoms with Crippen LogP contribution in [0.15, 0.2) is 30.3 Å². The first kappa shape index (κ1) is 16.7. The van der Waals surface area contributed by atoms with E-state index in [0.29, 0.717) is 6.61 Å². The van der Waals surface area contributed by atoms with E-state index in [1.807, 2.05) is 56.0 Å². The minimum absolute atomic E-state index is 0.197. The number of nitrogens with zero attached hydrogens (tertiary/aromatic N) is 1. The van der Waals surface area contributed by atoms with Gasteiger partial charge < -0.3 is 14.4 Å². The van der Waals surface area contributed by atoms with Gasteiger partial charge >= 0.3 is 6.09 Å². The van der Waals surface area contributed by atoms with E-state index in [0.717, 1.165) is 38.0 Å². The minimum Gasteiger partial charge on any atom is -0.494 e. The molecule has 4 heteroatoms. The van der Waals surface area contributed by atoms with Crippen molar-refractivity contribution in [1.29, 1.82) is 0 Å². The van der Waals surface area contributed by atoms with Crippen molar-refractivity contribution in [3.8, 4) is 5.75 Å². The van der Waals surface area contributed by atoms with Crippen LogP contribution in [0.4, 0.5) is 4.79 Å². The molecule has 0 saturated carbocycles. The van der Waals surface area contributed by atoms with Crippen LogP contribution in [-0.2, 0) is 4.74 Å². The number of carbonyl (C=O) groups excluding carboxylic acids is 1. The maximum Gasteiger partial charge on any atom is 0.410 e. The molecule has 1 aliphatic heterocycles. The molecule has 0 aliphatic carbocycles. The van der Waals surface area contributed by atoms with Gasteiger partial charge in [0.1, 0.15) is 11.4 Å². The van der Waals surface area contributed by atoms with Crippen LogP contribution in [0.2, 0.25) is 0 Å². The molecule has 122 valence electrons. The molecular weight excluding hydrogens is 278 g/mol. The van der Waals surface area contributed by atoms with Crippen LogP contribution in [0.1, 0.15) is 46.5 Å². The topological polar surface area (TPSA) is 38.8 Å². The summed E-state index contributed by atoms with van der Waals surface area (Å²) < 4.78 is 11.3. The highest BCUT2D eigenvalue weighted by Crippen LogP contribution is 2.23. The first-order chi connectivity index (χ1) is 10.5. The first-order valence-corrected chi connectivity index (χ1v) is 8.13. The Morgan fingerprint density at radius 2 is 1.95 bits per heavy atom. The van der Waals surface area contributed by atoms with Crippen LogP contribution < -0.4 is 4.74 Å². The maximum atomic E-state index is 12.3. The number of piperidine rings is 1. The number of rotatable bonds is 4. The summed E-state index contributed by atoms with van der Waals surface area (Å²) in [6.07, 6.45) is 3.88. The third kappa shape index (κ3) is 5.24. The molecule has 0 aromatic heterocycles. The summed E-state index contributed by atoms with van der Waals surface area (Å²) in [6.45, 7) is 7.12. The van der Waals surface area contributed by atoms with Crippen molar-refractivity contribution in [2.75, 3.05) is 13.2 Å². The Morgan fingerprint density at radius 1 is 1.23 bits per heavy atom. The van der Waals surface area contributed by atoms with Crippen molar-refractivity contribution in [3.63, 3.8) is 0 Å². The summed E-state index contributed by atoms with van der Waals surface area (Å²) in [6, 6.07) is 10.0. The second kappa shape index (κ2) is 7.52. The van der Waals surface area contributed by atoms with Gasteiger partial charge in [-0.3, -0.25) is 0 Å². The van der Waals surface area contributed by atoms with Crippen molar-refractivity contribution in [3.05, 3.63) is 30.3 Å². The number of para-hydroxylation sites is 1. The van der Waals surface area contributed by atoms with Crippen molar-refractivity contribution in [2.24, 2.45) is 0 Å². The lowest BCUT2D eigenvalue weighted by atomic mass is 10.0. The van der Waals surface area contributed by atoms with Crippen LogP contribution in [-0.4, -0.2) is 35.8 Å². The van der Waals surface area contributed by atoms with Gasteiger partial charge in [-0.25, -0.2) is 4.79 Å². The van der Waals surface area contributed by atoms with Gasteiger partial charge in [0.05, 0.1) is 6.61 Å². The van der Waals surface area contributed by atoms with Crippen molar-refractivity contribution in [2.45, 2.75) is 58.1 Å². The molecule has 0 radical (unpaired) electrons. The molecule has 1 amide bonds. The highest BCUT2D eigenvalue weighted by Gasteiger charge is 2.30. The fraction of sp³-hybridized carbons (Fsp3) is 0.611. The van der Waals surface area contributed by atoms with E-state index in [4.69, 9.17) is 9.47 Å². The summed E-state index contributed by atoms with van der Waals surface area (Å²) in [4.78, 5) is 14.2. The average molecular weight is 305 g/mol. The molecule has 1 fully saturated rings. The summed E-state index contributed by atoms with van der Waals surface area (Å²) in [7, 11) is 0. The summed E-state index contributed by atoms with van der Waals surface area (Å²) in [5, 5.41) is 0. The van der Waals surface area contributed by atoms with Crippen molar-refractivity contribution in [1.82, 2.24) is 4.90 Å². The molecule has 0 N–H and O–H groups in total. The lowest BCUT2D eigenvalue weighted by molar-refractivity contribution is 0.00744. The van der Waals surface area contributed by atoms with Gasteiger partial charge in [-0.2, -0.15) is 0 Å². The van der Waals surface area contributed by atoms with Crippen molar-refractivity contribution >= 4 is 6.09 Å². The largest absolute Gasteiger partial charge is 0.494 e. The zero-order chi connectivity index (χ0) is 16.0. The lowest BCUT2D eigenvalue weighted by Gasteiger charge is -2.36. The maximum absolute atomic E-state index is 12.3. The van der Waals surface area contributed by atoms with E-state index >= 15 is 0 Å². The minimum atomic E-state index is -0.445. The van der Waals surface area contributed by atoms with Gasteiger partial charge in [-0.05, 0) is 52.2 Å². The predicted molar refractivity (Wildman–Crippen MR) is 87.1 cm³/mol. The Hall–Kier alpha value is -1.71. The average Bonchev–Trinajstić information content (AvgIpc) is 2.47. The van der Waals surface area contributed by atoms with E-state index in [1.165, 1.54) is 0 Å². The standard InChI is InChI=1S/C18H27NO3/c1-18(2,3)22-17(20)19-13-8-7-9-15(19)12-14-21-16-10-5-4-6-11-16/h4-6,10-11,15H,7-9,12-14H2,1-3H3. The molecule has 0 bridgehead atoms. The van der Waals surface area contributed by atoms with Crippen molar-refractivity contribution < 1.29 is 14.3 Å². The van der Waals surface area contributed by atoms with Gasteiger partial charge in [0, 0.05) is 19.0 Å². The van der Waals surface area contributed by atoms with Gasteiger partial charge in [0.15, 0.2) is 0 Å². The molecule has 1 aromatic rings. The fourth-order valence-electron chi connectivity index (χ4n) is 2.69. The van der Waals surface area contributed by atoms with E-state index in [9.17, 15) is 4.79 Å². The SMILES string of the molecule is CC(C)(C)OC(=O)N1CCCCC1CCOc1ccccc1. The Kier molecular flexibility index (Phi) is 5.69. The van der Waals surface area contributed by atoms with E-state index < -0.39 is 5.60 Å². The number of hydrogen-bond donors (Lipinski definition) is 0. The van der Waals surface area contributed by atoms with Gasteiger partial charge in [0.25, 0.3) is 0 Å². The smallest absolute Gasteiger partial charge is 0.410 e. The van der Waals surface area contributed by atoms with Gasteiger partial charge in [0.2, 0.25) is 0 Å². The number of hydrogen-bond acceptors (Lipinski definition) is 3. The highest BCUT2D eigenvalue weighted by atomic mass is 16.6. The van der Waals surface area contributed by atoms with E-state index in [1.54, 1.807) is 0 Å². The number of likely N-dealkylation sites (tertiary alicyclic amines) is 1. The molecule has 1 atom stereocenters. The molecule has 1 heterocycles. The summed E-state index contributed by atoms with van der Waals surface area (Å²) >= 11 is 0. The fourth-order valence-corrected chi connectivity index (χ4v) is 2.69. The van der Waals surface area contributed by atoms with E-state index in [-0.39, 0.29) is 12.1 Å². The Morgan fingerprint density at radius 3 is 2.64 bits per heavy atom. The van der Waals surface area contributed by atoms with E-state index in [2.05, 4.69) is 0 Å². The highest BCUT2D eigenvalue weighted by molar-refractivity contribution is 5.68. The predicted octanol–water partition coefficient (Wildman–Crippen LogP) is 4.25. The number of benzene rings is 1. The number of carbonyl (C=O) groups is 1. The summed E-state index contributed by atoms with van der Waals surface area (Å²) in [5.74, 6) is 0.877. The zero-order valence-corrected chi connectivity index (χ0v) is 13.9. The molecular formula is C18H27NO3. The second-order valence-corrected chi connectivity index (χ2v) is 6.77. The molecule has 0 spiro atoms. The van der Waals surface area contributed by atoms with Crippen LogP contribution in [0.3, 0.4) is 0 Å². The monoisotopic (exact) mass is 305 g/mol. The van der Waals surface area contributed by atoms with Gasteiger partial charge in [-0.1, -0.05) is 18.2 Å². The van der Waals surface area contributed by atoms with Crippen LogP contribution in [0.5, 0.6) is 5.75 Å². The molecule has 1 saturated heterocycles. The summed E-state index contributed by atoms with van der Waals surface area (Å²) in [5.41, 5.74) is -0.445. The normalized spacial score (nSPS) is 18.9. The Labute approximate surface area is 133 Å².